The van der Waals surface area contributed by atoms with Crippen LogP contribution in [0.4, 0.5) is 33.4 Å². The van der Waals surface area contributed by atoms with Crippen molar-refractivity contribution in [2.24, 2.45) is 0 Å². The molecule has 5 aromatic rings. The Bertz CT molecular complexity index is 2150. The molecule has 57 heavy (non-hydrogen) atoms. The van der Waals surface area contributed by atoms with Crippen molar-refractivity contribution in [3.05, 3.63) is 90.6 Å². The SMILES string of the molecule is COCCOCCOCCS(=O)c1cc(Nc2cc(Oc3ccc(NC(=O)Nc4cc(C(C)(C)C)cc(NSC)c4OC)c4ccccc34)ccn2)cc(OC)c1. The summed E-state index contributed by atoms with van der Waals surface area (Å²) in [6.45, 7) is 8.55. The van der Waals surface area contributed by atoms with E-state index in [-0.39, 0.29) is 5.41 Å². The largest absolute Gasteiger partial charge is 0.497 e. The molecule has 13 nitrogen and oxygen atoms in total. The second-order valence-corrected chi connectivity index (χ2v) is 15.8. The molecule has 2 amide bonds. The van der Waals surface area contributed by atoms with E-state index in [1.54, 1.807) is 63.9 Å². The third-order valence-electron chi connectivity index (χ3n) is 8.58. The molecule has 0 spiro atoms. The Balaban J connectivity index is 1.28. The van der Waals surface area contributed by atoms with Gasteiger partial charge < -0.3 is 49.1 Å². The summed E-state index contributed by atoms with van der Waals surface area (Å²) in [5, 5.41) is 10.9. The minimum Gasteiger partial charge on any atom is -0.497 e. The number of amides is 2. The summed E-state index contributed by atoms with van der Waals surface area (Å²) in [7, 11) is 3.43. The smallest absolute Gasteiger partial charge is 0.323 e. The normalized spacial score (nSPS) is 11.8. The summed E-state index contributed by atoms with van der Waals surface area (Å²) < 4.78 is 50.0. The quantitative estimate of drug-likeness (QED) is 0.0438. The van der Waals surface area contributed by atoms with Crippen LogP contribution in [0.25, 0.3) is 10.8 Å². The Morgan fingerprint density at radius 1 is 0.772 bits per heavy atom. The predicted molar refractivity (Wildman–Crippen MR) is 231 cm³/mol. The number of carbonyl (C=O) groups excluding carboxylic acids is 1. The highest BCUT2D eigenvalue weighted by molar-refractivity contribution is 7.99. The van der Waals surface area contributed by atoms with Crippen molar-refractivity contribution >= 4 is 68.1 Å². The Morgan fingerprint density at radius 2 is 1.49 bits per heavy atom. The van der Waals surface area contributed by atoms with Gasteiger partial charge >= 0.3 is 6.03 Å². The van der Waals surface area contributed by atoms with Crippen molar-refractivity contribution in [1.29, 1.82) is 0 Å². The monoisotopic (exact) mass is 817 g/mol. The molecule has 0 aliphatic carbocycles. The average molecular weight is 818 g/mol. The molecule has 0 saturated carbocycles. The number of hydrogen-bond acceptors (Lipinski definition) is 12. The highest BCUT2D eigenvalue weighted by Crippen LogP contribution is 2.40. The molecule has 1 unspecified atom stereocenters. The number of hydrogen-bond donors (Lipinski definition) is 4. The lowest BCUT2D eigenvalue weighted by Gasteiger charge is -2.24. The van der Waals surface area contributed by atoms with Crippen molar-refractivity contribution in [1.82, 2.24) is 4.98 Å². The summed E-state index contributed by atoms with van der Waals surface area (Å²) >= 11 is 1.44. The zero-order valence-electron chi connectivity index (χ0n) is 33.4. The standard InChI is InChI=1S/C42H51N5O8S2/c1-42(2,3)28-22-36(40(52-6)37(23-28)47-56-7)46-41(48)45-35-12-13-38(34-11-9-8-10-33(34)35)55-30-14-15-43-39(27-30)44-29-24-31(51-5)26-32(25-29)57(49)21-20-54-19-18-53-17-16-50-4/h8-15,22-27,47H,16-21H2,1-7H3,(H,43,44)(H2,45,46,48). The summed E-state index contributed by atoms with van der Waals surface area (Å²) in [6.07, 6.45) is 3.57. The molecule has 15 heteroatoms. The first kappa shape index (κ1) is 43.1. The van der Waals surface area contributed by atoms with Crippen LogP contribution in [0.1, 0.15) is 26.3 Å². The lowest BCUT2D eigenvalue weighted by molar-refractivity contribution is 0.0285. The Labute approximate surface area is 341 Å². The summed E-state index contributed by atoms with van der Waals surface area (Å²) in [6, 6.07) is 23.7. The van der Waals surface area contributed by atoms with Gasteiger partial charge in [0.15, 0.2) is 5.75 Å². The number of nitrogens with one attached hydrogen (secondary N) is 4. The van der Waals surface area contributed by atoms with E-state index in [1.807, 2.05) is 48.7 Å². The highest BCUT2D eigenvalue weighted by atomic mass is 32.2. The second-order valence-electron chi connectivity index (χ2n) is 13.7. The number of aromatic nitrogens is 1. The maximum Gasteiger partial charge on any atom is 0.323 e. The van der Waals surface area contributed by atoms with Gasteiger partial charge in [0, 0.05) is 53.1 Å². The van der Waals surface area contributed by atoms with Gasteiger partial charge in [0.1, 0.15) is 23.1 Å². The lowest BCUT2D eigenvalue weighted by atomic mass is 9.86. The molecular formula is C42H51N5O8S2. The van der Waals surface area contributed by atoms with Gasteiger partial charge in [0.05, 0.1) is 80.9 Å². The molecule has 0 bridgehead atoms. The fraction of sp³-hybridized carbons (Fsp3) is 0.333. The number of methoxy groups -OCH3 is 3. The first-order valence-electron chi connectivity index (χ1n) is 18.3. The van der Waals surface area contributed by atoms with E-state index >= 15 is 0 Å². The molecular weight excluding hydrogens is 767 g/mol. The number of ether oxygens (including phenoxy) is 6. The molecule has 0 aliphatic rings. The van der Waals surface area contributed by atoms with E-state index in [9.17, 15) is 9.00 Å². The molecule has 1 heterocycles. The van der Waals surface area contributed by atoms with Crippen LogP contribution in [0.2, 0.25) is 0 Å². The number of carbonyl (C=O) groups is 1. The Morgan fingerprint density at radius 3 is 2.21 bits per heavy atom. The third kappa shape index (κ3) is 12.2. The van der Waals surface area contributed by atoms with Crippen molar-refractivity contribution in [2.45, 2.75) is 31.1 Å². The van der Waals surface area contributed by atoms with Gasteiger partial charge in [-0.3, -0.25) is 4.21 Å². The maximum absolute atomic E-state index is 13.5. The minimum absolute atomic E-state index is 0.164. The van der Waals surface area contributed by atoms with Crippen LogP contribution < -0.4 is 34.9 Å². The summed E-state index contributed by atoms with van der Waals surface area (Å²) in [5.41, 5.74) is 3.44. The summed E-state index contributed by atoms with van der Waals surface area (Å²) in [4.78, 5) is 18.6. The van der Waals surface area contributed by atoms with Crippen LogP contribution in [-0.2, 0) is 30.4 Å². The van der Waals surface area contributed by atoms with Crippen LogP contribution in [0.3, 0.4) is 0 Å². The van der Waals surface area contributed by atoms with E-state index in [0.29, 0.717) is 89.6 Å². The Kier molecular flexibility index (Phi) is 15.8. The number of urea groups is 1. The second kappa shape index (κ2) is 20.9. The molecule has 0 radical (unpaired) electrons. The lowest BCUT2D eigenvalue weighted by Crippen LogP contribution is -2.21. The maximum atomic E-state index is 13.5. The van der Waals surface area contributed by atoms with Crippen LogP contribution in [-0.4, -0.2) is 81.6 Å². The van der Waals surface area contributed by atoms with Gasteiger partial charge in [-0.1, -0.05) is 57.0 Å². The van der Waals surface area contributed by atoms with Crippen molar-refractivity contribution in [3.63, 3.8) is 0 Å². The molecule has 0 fully saturated rings. The first-order chi connectivity index (χ1) is 27.5. The van der Waals surface area contributed by atoms with Crippen molar-refractivity contribution in [2.75, 3.05) is 87.0 Å². The number of fused-ring (bicyclic) bond motifs is 1. The molecule has 5 rings (SSSR count). The van der Waals surface area contributed by atoms with E-state index in [4.69, 9.17) is 28.4 Å². The van der Waals surface area contributed by atoms with E-state index in [2.05, 4.69) is 46.4 Å². The van der Waals surface area contributed by atoms with Crippen LogP contribution >= 0.6 is 11.9 Å². The summed E-state index contributed by atoms with van der Waals surface area (Å²) in [5.74, 6) is 3.03. The molecule has 0 saturated heterocycles. The molecule has 0 aliphatic heterocycles. The third-order valence-corrected chi connectivity index (χ3v) is 10.3. The van der Waals surface area contributed by atoms with Gasteiger partial charge in [-0.25, -0.2) is 9.78 Å². The molecule has 1 aromatic heterocycles. The number of anilines is 5. The van der Waals surface area contributed by atoms with Crippen molar-refractivity contribution in [3.8, 4) is 23.0 Å². The zero-order valence-corrected chi connectivity index (χ0v) is 35.0. The molecule has 4 N–H and O–H groups in total. The molecule has 304 valence electrons. The topological polar surface area (TPSA) is 151 Å². The fourth-order valence-corrected chi connectivity index (χ4v) is 7.12. The average Bonchev–Trinajstić information content (AvgIpc) is 3.19. The number of benzene rings is 4. The zero-order chi connectivity index (χ0) is 40.8. The van der Waals surface area contributed by atoms with Crippen LogP contribution in [0.15, 0.2) is 90.0 Å². The number of nitrogens with zero attached hydrogens (tertiary/aromatic N) is 1. The van der Waals surface area contributed by atoms with E-state index < -0.39 is 16.8 Å². The van der Waals surface area contributed by atoms with Gasteiger partial charge in [0.2, 0.25) is 0 Å². The highest BCUT2D eigenvalue weighted by Gasteiger charge is 2.21. The van der Waals surface area contributed by atoms with Crippen LogP contribution in [0, 0.1) is 0 Å². The fourth-order valence-electron chi connectivity index (χ4n) is 5.73. The van der Waals surface area contributed by atoms with Gasteiger partial charge in [-0.15, -0.1) is 0 Å². The van der Waals surface area contributed by atoms with Crippen molar-refractivity contribution < 1.29 is 37.4 Å². The Hall–Kier alpha value is -5.06. The van der Waals surface area contributed by atoms with Gasteiger partial charge in [0.25, 0.3) is 0 Å². The van der Waals surface area contributed by atoms with E-state index in [1.165, 1.54) is 11.9 Å². The molecule has 1 atom stereocenters. The molecule has 4 aromatic carbocycles. The van der Waals surface area contributed by atoms with Gasteiger partial charge in [-0.2, -0.15) is 0 Å². The number of pyridine rings is 1. The van der Waals surface area contributed by atoms with E-state index in [0.717, 1.165) is 22.0 Å². The first-order valence-corrected chi connectivity index (χ1v) is 20.8. The number of rotatable bonds is 20. The van der Waals surface area contributed by atoms with Gasteiger partial charge in [-0.05, 0) is 53.4 Å². The minimum atomic E-state index is -1.33. The predicted octanol–water partition coefficient (Wildman–Crippen LogP) is 9.21. The van der Waals surface area contributed by atoms with Crippen LogP contribution in [0.5, 0.6) is 23.0 Å².